The van der Waals surface area contributed by atoms with Crippen molar-refractivity contribution in [3.63, 3.8) is 0 Å². The molecule has 0 aliphatic rings. The standard InChI is InChI=1S/C7H13N3OS/c8-6-5-7(12-10-6)9-3-1-2-4-11/h5,9,11H,1-4H2,(H2,8,10). The van der Waals surface area contributed by atoms with Gasteiger partial charge in [0.25, 0.3) is 0 Å². The summed E-state index contributed by atoms with van der Waals surface area (Å²) in [6.07, 6.45) is 1.80. The number of rotatable bonds is 5. The third-order valence-electron chi connectivity index (χ3n) is 1.41. The molecule has 0 radical (unpaired) electrons. The molecule has 4 N–H and O–H groups in total. The summed E-state index contributed by atoms with van der Waals surface area (Å²) in [5.74, 6) is 0.560. The highest BCUT2D eigenvalue weighted by Crippen LogP contribution is 2.16. The number of nitrogens with zero attached hydrogens (tertiary/aromatic N) is 1. The molecule has 5 heteroatoms. The average Bonchev–Trinajstić information content (AvgIpc) is 2.45. The maximum Gasteiger partial charge on any atom is 0.139 e. The number of nitrogens with one attached hydrogen (secondary N) is 1. The van der Waals surface area contributed by atoms with Gasteiger partial charge in [-0.1, -0.05) is 0 Å². The number of unbranched alkanes of at least 4 members (excludes halogenated alkanes) is 1. The zero-order chi connectivity index (χ0) is 8.81. The van der Waals surface area contributed by atoms with Gasteiger partial charge in [0.1, 0.15) is 10.8 Å². The Morgan fingerprint density at radius 2 is 2.42 bits per heavy atom. The lowest BCUT2D eigenvalue weighted by atomic mass is 10.3. The van der Waals surface area contributed by atoms with E-state index in [4.69, 9.17) is 10.8 Å². The summed E-state index contributed by atoms with van der Waals surface area (Å²) in [7, 11) is 0. The van der Waals surface area contributed by atoms with Gasteiger partial charge in [0.2, 0.25) is 0 Å². The Morgan fingerprint density at radius 3 is 3.00 bits per heavy atom. The molecule has 0 aromatic carbocycles. The van der Waals surface area contributed by atoms with Crippen LogP contribution in [0.3, 0.4) is 0 Å². The van der Waals surface area contributed by atoms with Crippen LogP contribution < -0.4 is 11.1 Å². The molecular weight excluding hydrogens is 174 g/mol. The van der Waals surface area contributed by atoms with Crippen LogP contribution in [0.4, 0.5) is 10.8 Å². The Morgan fingerprint density at radius 1 is 1.58 bits per heavy atom. The van der Waals surface area contributed by atoms with E-state index in [0.717, 1.165) is 24.4 Å². The van der Waals surface area contributed by atoms with Crippen LogP contribution in [0.25, 0.3) is 0 Å². The van der Waals surface area contributed by atoms with E-state index in [1.54, 1.807) is 0 Å². The molecule has 4 nitrogen and oxygen atoms in total. The number of hydrogen-bond acceptors (Lipinski definition) is 5. The molecule has 1 aromatic rings. The Balaban J connectivity index is 2.15. The minimum absolute atomic E-state index is 0.256. The molecule has 0 bridgehead atoms. The molecule has 0 saturated carbocycles. The Bertz CT molecular complexity index is 226. The molecule has 0 amide bonds. The summed E-state index contributed by atoms with van der Waals surface area (Å²) in [6, 6.07) is 1.81. The second-order valence-electron chi connectivity index (χ2n) is 2.47. The van der Waals surface area contributed by atoms with Crippen molar-refractivity contribution >= 4 is 22.4 Å². The fourth-order valence-corrected chi connectivity index (χ4v) is 1.42. The molecule has 1 rings (SSSR count). The first-order chi connectivity index (χ1) is 5.83. The molecule has 0 unspecified atom stereocenters. The molecule has 12 heavy (non-hydrogen) atoms. The Hall–Kier alpha value is -0.810. The highest BCUT2D eigenvalue weighted by atomic mass is 32.1. The minimum atomic E-state index is 0.256. The lowest BCUT2D eigenvalue weighted by molar-refractivity contribution is 0.286. The first kappa shape index (κ1) is 9.28. The zero-order valence-electron chi connectivity index (χ0n) is 6.79. The Labute approximate surface area is 75.6 Å². The fourth-order valence-electron chi connectivity index (χ4n) is 0.821. The topological polar surface area (TPSA) is 71.2 Å². The van der Waals surface area contributed by atoms with Gasteiger partial charge < -0.3 is 16.2 Å². The van der Waals surface area contributed by atoms with E-state index < -0.39 is 0 Å². The van der Waals surface area contributed by atoms with Crippen molar-refractivity contribution in [1.82, 2.24) is 4.37 Å². The number of aliphatic hydroxyl groups excluding tert-OH is 1. The van der Waals surface area contributed by atoms with Gasteiger partial charge in [-0.05, 0) is 24.4 Å². The highest BCUT2D eigenvalue weighted by Gasteiger charge is 1.95. The van der Waals surface area contributed by atoms with Gasteiger partial charge in [0.15, 0.2) is 0 Å². The van der Waals surface area contributed by atoms with Crippen molar-refractivity contribution in [1.29, 1.82) is 0 Å². The lowest BCUT2D eigenvalue weighted by Crippen LogP contribution is -2.00. The number of nitrogens with two attached hydrogens (primary N) is 1. The van der Waals surface area contributed by atoms with Crippen LogP contribution in [0.15, 0.2) is 6.07 Å². The quantitative estimate of drug-likeness (QED) is 0.599. The lowest BCUT2D eigenvalue weighted by Gasteiger charge is -1.99. The normalized spacial score (nSPS) is 10.1. The SMILES string of the molecule is Nc1cc(NCCCCO)sn1. The summed E-state index contributed by atoms with van der Waals surface area (Å²) < 4.78 is 3.92. The third-order valence-corrected chi connectivity index (χ3v) is 2.17. The second-order valence-corrected chi connectivity index (χ2v) is 3.28. The predicted molar refractivity (Wildman–Crippen MR) is 51.3 cm³/mol. The number of hydrogen-bond donors (Lipinski definition) is 3. The number of aliphatic hydroxyl groups is 1. The Kier molecular flexibility index (Phi) is 3.83. The fraction of sp³-hybridized carbons (Fsp3) is 0.571. The van der Waals surface area contributed by atoms with E-state index in [9.17, 15) is 0 Å². The third kappa shape index (κ3) is 3.06. The maximum absolute atomic E-state index is 8.51. The van der Waals surface area contributed by atoms with Crippen molar-refractivity contribution < 1.29 is 5.11 Å². The summed E-state index contributed by atoms with van der Waals surface area (Å²) in [6.45, 7) is 1.12. The largest absolute Gasteiger partial charge is 0.396 e. The van der Waals surface area contributed by atoms with E-state index in [2.05, 4.69) is 9.69 Å². The predicted octanol–water partition coefficient (Wildman–Crippen LogP) is 0.910. The van der Waals surface area contributed by atoms with E-state index in [-0.39, 0.29) is 6.61 Å². The van der Waals surface area contributed by atoms with Crippen molar-refractivity contribution in [3.8, 4) is 0 Å². The van der Waals surface area contributed by atoms with Gasteiger partial charge in [-0.15, -0.1) is 0 Å². The maximum atomic E-state index is 8.51. The number of aromatic nitrogens is 1. The first-order valence-corrected chi connectivity index (χ1v) is 4.67. The molecule has 0 fully saturated rings. The van der Waals surface area contributed by atoms with Crippen LogP contribution in [0, 0.1) is 0 Å². The zero-order valence-corrected chi connectivity index (χ0v) is 7.60. The molecular formula is C7H13N3OS. The minimum Gasteiger partial charge on any atom is -0.396 e. The van der Waals surface area contributed by atoms with E-state index in [1.165, 1.54) is 11.5 Å². The molecule has 1 heterocycles. The van der Waals surface area contributed by atoms with Crippen LogP contribution in [0.1, 0.15) is 12.8 Å². The van der Waals surface area contributed by atoms with Crippen molar-refractivity contribution in [2.45, 2.75) is 12.8 Å². The van der Waals surface area contributed by atoms with Crippen LogP contribution in [0.5, 0.6) is 0 Å². The van der Waals surface area contributed by atoms with Crippen molar-refractivity contribution in [2.24, 2.45) is 0 Å². The monoisotopic (exact) mass is 187 g/mol. The number of anilines is 2. The molecule has 68 valence electrons. The molecule has 1 aromatic heterocycles. The molecule has 0 atom stereocenters. The summed E-state index contributed by atoms with van der Waals surface area (Å²) in [4.78, 5) is 0. The molecule has 0 aliphatic carbocycles. The summed E-state index contributed by atoms with van der Waals surface area (Å²) in [5.41, 5.74) is 5.43. The molecule has 0 spiro atoms. The van der Waals surface area contributed by atoms with Crippen LogP contribution in [-0.2, 0) is 0 Å². The molecule has 0 aliphatic heterocycles. The van der Waals surface area contributed by atoms with Crippen molar-refractivity contribution in [3.05, 3.63) is 6.07 Å². The average molecular weight is 187 g/mol. The van der Waals surface area contributed by atoms with Gasteiger partial charge in [0.05, 0.1) is 0 Å². The van der Waals surface area contributed by atoms with E-state index in [0.29, 0.717) is 5.82 Å². The van der Waals surface area contributed by atoms with Gasteiger partial charge in [0, 0.05) is 19.2 Å². The highest BCUT2D eigenvalue weighted by molar-refractivity contribution is 7.10. The smallest absolute Gasteiger partial charge is 0.139 e. The van der Waals surface area contributed by atoms with Gasteiger partial charge in [-0.3, -0.25) is 0 Å². The number of nitrogen functional groups attached to an aromatic ring is 1. The van der Waals surface area contributed by atoms with E-state index in [1.807, 2.05) is 6.07 Å². The van der Waals surface area contributed by atoms with Gasteiger partial charge >= 0.3 is 0 Å². The summed E-state index contributed by atoms with van der Waals surface area (Å²) >= 11 is 1.36. The van der Waals surface area contributed by atoms with Gasteiger partial charge in [-0.2, -0.15) is 4.37 Å². The molecule has 0 saturated heterocycles. The second kappa shape index (κ2) is 4.95. The van der Waals surface area contributed by atoms with Gasteiger partial charge in [-0.25, -0.2) is 0 Å². The van der Waals surface area contributed by atoms with Crippen LogP contribution in [-0.4, -0.2) is 22.6 Å². The van der Waals surface area contributed by atoms with Crippen molar-refractivity contribution in [2.75, 3.05) is 24.2 Å². The van der Waals surface area contributed by atoms with Crippen LogP contribution in [0.2, 0.25) is 0 Å². The first-order valence-electron chi connectivity index (χ1n) is 3.90. The van der Waals surface area contributed by atoms with Crippen LogP contribution >= 0.6 is 11.5 Å². The van der Waals surface area contributed by atoms with E-state index >= 15 is 0 Å². The summed E-state index contributed by atoms with van der Waals surface area (Å²) in [5, 5.41) is 12.7.